The number of Topliss-reactive ketones (excluding diaryl/α,β-unsaturated/α-hetero) is 1. The first kappa shape index (κ1) is 16.0. The van der Waals surface area contributed by atoms with Crippen molar-refractivity contribution in [1.82, 2.24) is 5.32 Å². The molecule has 1 amide bonds. The number of ketones is 1. The van der Waals surface area contributed by atoms with Gasteiger partial charge in [0.15, 0.2) is 5.78 Å². The van der Waals surface area contributed by atoms with E-state index in [2.05, 4.69) is 15.9 Å². The minimum atomic E-state index is -2.12. The van der Waals surface area contributed by atoms with Crippen LogP contribution in [-0.2, 0) is 19.1 Å². The van der Waals surface area contributed by atoms with Gasteiger partial charge in [0, 0.05) is 16.9 Å². The highest BCUT2D eigenvalue weighted by Gasteiger charge is 2.47. The molecular formula is C13H23NO4S. The Morgan fingerprint density at radius 2 is 1.74 bits per heavy atom. The van der Waals surface area contributed by atoms with Crippen LogP contribution in [0.2, 0.25) is 0 Å². The summed E-state index contributed by atoms with van der Waals surface area (Å²) in [5, 5.41) is 2.66. The van der Waals surface area contributed by atoms with Crippen LogP contribution >= 0.6 is 0 Å². The highest BCUT2D eigenvalue weighted by atomic mass is 32.2. The second kappa shape index (κ2) is 5.15. The van der Waals surface area contributed by atoms with Crippen molar-refractivity contribution >= 4 is 27.3 Å². The monoisotopic (exact) mass is 289 g/mol. The minimum absolute atomic E-state index is 0.0553. The number of carbonyl (C=O) groups excluding carboxylic acids is 2. The SMILES string of the molecule is C=S1(=O)CCC(NC(=O)OC)(C(=O)C(C)(C)C)CC1. The molecule has 0 atom stereocenters. The average Bonchev–Trinajstić information content (AvgIpc) is 2.30. The molecule has 0 saturated carbocycles. The van der Waals surface area contributed by atoms with Crippen LogP contribution < -0.4 is 5.32 Å². The van der Waals surface area contributed by atoms with E-state index in [9.17, 15) is 13.8 Å². The van der Waals surface area contributed by atoms with Crippen molar-refractivity contribution in [2.24, 2.45) is 5.41 Å². The third kappa shape index (κ3) is 3.72. The fraction of sp³-hybridized carbons (Fsp3) is 0.769. The van der Waals surface area contributed by atoms with Gasteiger partial charge in [-0.25, -0.2) is 4.79 Å². The second-order valence-corrected chi connectivity index (χ2v) is 8.90. The van der Waals surface area contributed by atoms with E-state index in [0.29, 0.717) is 24.3 Å². The van der Waals surface area contributed by atoms with Gasteiger partial charge in [0.1, 0.15) is 5.54 Å². The molecule has 1 aliphatic heterocycles. The van der Waals surface area contributed by atoms with Crippen molar-refractivity contribution in [1.29, 1.82) is 0 Å². The Bertz CT molecular complexity index is 459. The molecule has 0 bridgehead atoms. The maximum absolute atomic E-state index is 12.6. The van der Waals surface area contributed by atoms with Gasteiger partial charge in [0.25, 0.3) is 0 Å². The quantitative estimate of drug-likeness (QED) is 0.776. The molecule has 0 radical (unpaired) electrons. The molecular weight excluding hydrogens is 266 g/mol. The summed E-state index contributed by atoms with van der Waals surface area (Å²) in [5.41, 5.74) is -1.57. The summed E-state index contributed by atoms with van der Waals surface area (Å²) in [4.78, 5) is 24.1. The first-order valence-corrected chi connectivity index (χ1v) is 8.33. The molecule has 0 aromatic heterocycles. The molecule has 0 spiro atoms. The van der Waals surface area contributed by atoms with Crippen LogP contribution in [0, 0.1) is 5.41 Å². The minimum Gasteiger partial charge on any atom is -0.453 e. The lowest BCUT2D eigenvalue weighted by Crippen LogP contribution is -2.61. The smallest absolute Gasteiger partial charge is 0.407 e. The Hall–Kier alpha value is -1.04. The molecule has 110 valence electrons. The lowest BCUT2D eigenvalue weighted by Gasteiger charge is -2.40. The second-order valence-electron chi connectivity index (χ2n) is 6.15. The van der Waals surface area contributed by atoms with Crippen molar-refractivity contribution in [3.63, 3.8) is 0 Å². The van der Waals surface area contributed by atoms with Crippen LogP contribution in [0.4, 0.5) is 4.79 Å². The normalized spacial score (nSPS) is 31.6. The van der Waals surface area contributed by atoms with E-state index in [1.54, 1.807) is 0 Å². The standard InChI is InChI=1S/C13H23NO4S/c1-12(2,3)10(15)13(14-11(16)18-4)6-8-19(5,17)9-7-13/h5-9H2,1-4H3,(H,14,16). The number of hydrogen-bond donors (Lipinski definition) is 1. The zero-order valence-electron chi connectivity index (χ0n) is 12.1. The number of alkyl carbamates (subject to hydrolysis) is 1. The van der Waals surface area contributed by atoms with Crippen LogP contribution in [0.5, 0.6) is 0 Å². The van der Waals surface area contributed by atoms with Gasteiger partial charge in [-0.2, -0.15) is 0 Å². The number of carbonyl (C=O) groups is 2. The number of ether oxygens (including phenoxy) is 1. The summed E-state index contributed by atoms with van der Waals surface area (Å²) in [7, 11) is -0.858. The summed E-state index contributed by atoms with van der Waals surface area (Å²) in [6.45, 7) is 5.43. The first-order valence-electron chi connectivity index (χ1n) is 6.26. The molecule has 1 aliphatic rings. The van der Waals surface area contributed by atoms with Gasteiger partial charge in [-0.05, 0) is 28.2 Å². The maximum Gasteiger partial charge on any atom is 0.407 e. The van der Waals surface area contributed by atoms with Crippen molar-refractivity contribution in [2.45, 2.75) is 39.2 Å². The summed E-state index contributed by atoms with van der Waals surface area (Å²) >= 11 is 0. The molecule has 0 aromatic rings. The molecule has 6 heteroatoms. The van der Waals surface area contributed by atoms with Crippen LogP contribution in [0.15, 0.2) is 0 Å². The topological polar surface area (TPSA) is 72.5 Å². The Morgan fingerprint density at radius 1 is 1.26 bits per heavy atom. The summed E-state index contributed by atoms with van der Waals surface area (Å²) in [6.07, 6.45) is 0.0659. The molecule has 0 aromatic carbocycles. The van der Waals surface area contributed by atoms with E-state index in [1.165, 1.54) is 7.11 Å². The number of hydrogen-bond acceptors (Lipinski definition) is 4. The average molecular weight is 289 g/mol. The van der Waals surface area contributed by atoms with Crippen LogP contribution in [0.25, 0.3) is 0 Å². The van der Waals surface area contributed by atoms with Crippen molar-refractivity contribution in [2.75, 3.05) is 18.6 Å². The van der Waals surface area contributed by atoms with Gasteiger partial charge in [-0.3, -0.25) is 9.00 Å². The number of nitrogens with one attached hydrogen (secondary N) is 1. The van der Waals surface area contributed by atoms with E-state index in [1.807, 2.05) is 20.8 Å². The number of methoxy groups -OCH3 is 1. The molecule has 1 N–H and O–H groups in total. The molecule has 19 heavy (non-hydrogen) atoms. The van der Waals surface area contributed by atoms with Gasteiger partial charge >= 0.3 is 6.09 Å². The Labute approximate surface area is 115 Å². The predicted molar refractivity (Wildman–Crippen MR) is 77.0 cm³/mol. The third-order valence-electron chi connectivity index (χ3n) is 3.44. The van der Waals surface area contributed by atoms with E-state index in [4.69, 9.17) is 0 Å². The largest absolute Gasteiger partial charge is 0.453 e. The van der Waals surface area contributed by atoms with Crippen LogP contribution in [0.1, 0.15) is 33.6 Å². The predicted octanol–water partition coefficient (Wildman–Crippen LogP) is 1.21. The van der Waals surface area contributed by atoms with Gasteiger partial charge in [-0.15, -0.1) is 0 Å². The number of amides is 1. The van der Waals surface area contributed by atoms with Gasteiger partial charge in [0.2, 0.25) is 0 Å². The van der Waals surface area contributed by atoms with Crippen molar-refractivity contribution < 1.29 is 18.5 Å². The van der Waals surface area contributed by atoms with Gasteiger partial charge in [0.05, 0.1) is 7.11 Å². The first-order chi connectivity index (χ1) is 8.52. The number of rotatable bonds is 2. The van der Waals surface area contributed by atoms with E-state index in [-0.39, 0.29) is 5.78 Å². The van der Waals surface area contributed by atoms with Crippen LogP contribution in [-0.4, -0.2) is 46.1 Å². The molecule has 1 saturated heterocycles. The zero-order valence-corrected chi connectivity index (χ0v) is 12.9. The molecule has 1 heterocycles. The maximum atomic E-state index is 12.6. The van der Waals surface area contributed by atoms with Crippen molar-refractivity contribution in [3.8, 4) is 0 Å². The van der Waals surface area contributed by atoms with Crippen LogP contribution in [0.3, 0.4) is 0 Å². The lowest BCUT2D eigenvalue weighted by atomic mass is 9.75. The third-order valence-corrected chi connectivity index (χ3v) is 5.34. The molecule has 0 unspecified atom stereocenters. The Morgan fingerprint density at radius 3 is 2.11 bits per heavy atom. The molecule has 1 fully saturated rings. The van der Waals surface area contributed by atoms with E-state index < -0.39 is 26.6 Å². The fourth-order valence-corrected chi connectivity index (χ4v) is 3.97. The lowest BCUT2D eigenvalue weighted by molar-refractivity contribution is -0.133. The summed E-state index contributed by atoms with van der Waals surface area (Å²) in [5.74, 6) is 4.33. The fourth-order valence-electron chi connectivity index (χ4n) is 2.32. The van der Waals surface area contributed by atoms with E-state index in [0.717, 1.165) is 0 Å². The molecule has 0 aliphatic carbocycles. The highest BCUT2D eigenvalue weighted by Crippen LogP contribution is 2.32. The summed E-state index contributed by atoms with van der Waals surface area (Å²) in [6, 6.07) is 0. The van der Waals surface area contributed by atoms with E-state index >= 15 is 0 Å². The van der Waals surface area contributed by atoms with Gasteiger partial charge < -0.3 is 10.1 Å². The summed E-state index contributed by atoms with van der Waals surface area (Å²) < 4.78 is 16.6. The Kier molecular flexibility index (Phi) is 4.34. The molecule has 1 rings (SSSR count). The zero-order chi connectivity index (χ0) is 14.9. The highest BCUT2D eigenvalue weighted by molar-refractivity contribution is 8.00. The molecule has 5 nitrogen and oxygen atoms in total. The van der Waals surface area contributed by atoms with Gasteiger partial charge in [-0.1, -0.05) is 20.8 Å². The van der Waals surface area contributed by atoms with Crippen molar-refractivity contribution in [3.05, 3.63) is 0 Å². The Balaban J connectivity index is 3.06.